The number of alkyl halides is 1. The van der Waals surface area contributed by atoms with Crippen molar-refractivity contribution in [3.05, 3.63) is 38.9 Å². The number of nitro benzene ring substituents is 1. The lowest BCUT2D eigenvalue weighted by Gasteiger charge is -2.08. The molecule has 0 atom stereocenters. The Morgan fingerprint density at radius 2 is 2.28 bits per heavy atom. The van der Waals surface area contributed by atoms with Crippen molar-refractivity contribution in [1.82, 2.24) is 0 Å². The number of nitrogens with zero attached hydrogens (tertiary/aromatic N) is 2. The second-order valence-electron chi connectivity index (χ2n) is 3.25. The van der Waals surface area contributed by atoms with Crippen LogP contribution in [0.15, 0.2) is 12.1 Å². The highest BCUT2D eigenvalue weighted by Crippen LogP contribution is 2.24. The average Bonchev–Trinajstić information content (AvgIpc) is 2.36. The van der Waals surface area contributed by atoms with Crippen LogP contribution < -0.4 is 0 Å². The molecule has 0 radical (unpaired) electrons. The monoisotopic (exact) mass is 268 g/mol. The van der Waals surface area contributed by atoms with Crippen molar-refractivity contribution in [3.8, 4) is 6.07 Å². The van der Waals surface area contributed by atoms with Gasteiger partial charge in [0.05, 0.1) is 22.7 Å². The Labute approximate surface area is 108 Å². The van der Waals surface area contributed by atoms with Gasteiger partial charge < -0.3 is 4.74 Å². The molecule has 0 saturated heterocycles. The summed E-state index contributed by atoms with van der Waals surface area (Å²) in [6.45, 7) is 1.76. The van der Waals surface area contributed by atoms with Crippen molar-refractivity contribution < 1.29 is 14.5 Å². The zero-order valence-electron chi connectivity index (χ0n) is 9.47. The van der Waals surface area contributed by atoms with E-state index < -0.39 is 10.9 Å². The first-order valence-electron chi connectivity index (χ1n) is 4.99. The standard InChI is InChI=1S/C11H9ClN2O4/c1-2-18-11(15)10-7(5-12)3-9(14(16)17)4-8(10)6-13/h3-4H,2,5H2,1H3. The van der Waals surface area contributed by atoms with Crippen LogP contribution in [0.5, 0.6) is 0 Å². The molecule has 0 aromatic heterocycles. The molecule has 0 aliphatic heterocycles. The molecule has 18 heavy (non-hydrogen) atoms. The number of benzene rings is 1. The Balaban J connectivity index is 3.45. The second kappa shape index (κ2) is 5.98. The minimum absolute atomic E-state index is 0.0139. The van der Waals surface area contributed by atoms with E-state index in [-0.39, 0.29) is 34.9 Å². The van der Waals surface area contributed by atoms with Gasteiger partial charge in [-0.05, 0) is 12.5 Å². The molecule has 94 valence electrons. The van der Waals surface area contributed by atoms with E-state index >= 15 is 0 Å². The number of carbonyl (C=O) groups is 1. The van der Waals surface area contributed by atoms with E-state index in [1.54, 1.807) is 13.0 Å². The molecule has 0 heterocycles. The summed E-state index contributed by atoms with van der Waals surface area (Å²) in [4.78, 5) is 21.7. The SMILES string of the molecule is CCOC(=O)c1c(C#N)cc([N+](=O)[O-])cc1CCl. The van der Waals surface area contributed by atoms with Gasteiger partial charge in [-0.3, -0.25) is 10.1 Å². The van der Waals surface area contributed by atoms with Crippen molar-refractivity contribution >= 4 is 23.3 Å². The fraction of sp³-hybridized carbons (Fsp3) is 0.273. The molecule has 1 rings (SSSR count). The number of hydrogen-bond donors (Lipinski definition) is 0. The van der Waals surface area contributed by atoms with Crippen molar-refractivity contribution in [3.63, 3.8) is 0 Å². The molecule has 0 unspecified atom stereocenters. The molecule has 0 amide bonds. The lowest BCUT2D eigenvalue weighted by atomic mass is 10.0. The number of ether oxygens (including phenoxy) is 1. The van der Waals surface area contributed by atoms with Crippen molar-refractivity contribution in [2.45, 2.75) is 12.8 Å². The van der Waals surface area contributed by atoms with Gasteiger partial charge in [0.1, 0.15) is 6.07 Å². The molecule has 0 aliphatic carbocycles. The first-order chi connectivity index (χ1) is 8.54. The normalized spacial score (nSPS) is 9.61. The van der Waals surface area contributed by atoms with Crippen LogP contribution in [0, 0.1) is 21.4 Å². The van der Waals surface area contributed by atoms with E-state index in [1.165, 1.54) is 6.07 Å². The van der Waals surface area contributed by atoms with Crippen molar-refractivity contribution in [1.29, 1.82) is 5.26 Å². The second-order valence-corrected chi connectivity index (χ2v) is 3.52. The summed E-state index contributed by atoms with van der Waals surface area (Å²) < 4.78 is 4.79. The zero-order valence-corrected chi connectivity index (χ0v) is 10.2. The van der Waals surface area contributed by atoms with Gasteiger partial charge in [0.15, 0.2) is 0 Å². The molecule has 0 saturated carbocycles. The molecule has 1 aromatic carbocycles. The number of carbonyl (C=O) groups excluding carboxylic acids is 1. The number of esters is 1. The number of halogens is 1. The molecule has 0 spiro atoms. The maximum absolute atomic E-state index is 11.7. The third-order valence-electron chi connectivity index (χ3n) is 2.16. The fourth-order valence-corrected chi connectivity index (χ4v) is 1.64. The molecule has 1 aromatic rings. The van der Waals surface area contributed by atoms with Crippen LogP contribution in [0.1, 0.15) is 28.4 Å². The van der Waals surface area contributed by atoms with E-state index in [0.29, 0.717) is 0 Å². The van der Waals surface area contributed by atoms with Gasteiger partial charge >= 0.3 is 5.97 Å². The first kappa shape index (κ1) is 13.9. The van der Waals surface area contributed by atoms with Crippen molar-refractivity contribution in [2.75, 3.05) is 6.61 Å². The summed E-state index contributed by atoms with van der Waals surface area (Å²) in [5.41, 5.74) is -0.200. The van der Waals surface area contributed by atoms with Crippen LogP contribution in [0.4, 0.5) is 5.69 Å². The summed E-state index contributed by atoms with van der Waals surface area (Å²) in [6.07, 6.45) is 0. The van der Waals surface area contributed by atoms with E-state index in [0.717, 1.165) is 6.07 Å². The van der Waals surface area contributed by atoms with Crippen molar-refractivity contribution in [2.24, 2.45) is 0 Å². The van der Waals surface area contributed by atoms with Gasteiger partial charge in [-0.25, -0.2) is 4.79 Å². The third-order valence-corrected chi connectivity index (χ3v) is 2.45. The Bertz CT molecular complexity index is 537. The zero-order chi connectivity index (χ0) is 13.7. The molecule has 0 aliphatic rings. The van der Waals surface area contributed by atoms with Gasteiger partial charge in [0.2, 0.25) is 0 Å². The summed E-state index contributed by atoms with van der Waals surface area (Å²) >= 11 is 5.64. The highest BCUT2D eigenvalue weighted by molar-refractivity contribution is 6.17. The van der Waals surface area contributed by atoms with E-state index in [2.05, 4.69) is 0 Å². The van der Waals surface area contributed by atoms with Gasteiger partial charge in [-0.15, -0.1) is 11.6 Å². The van der Waals surface area contributed by atoms with E-state index in [9.17, 15) is 14.9 Å². The summed E-state index contributed by atoms with van der Waals surface area (Å²) in [5, 5.41) is 19.6. The van der Waals surface area contributed by atoms with E-state index in [1.807, 2.05) is 0 Å². The lowest BCUT2D eigenvalue weighted by molar-refractivity contribution is -0.384. The number of nitro groups is 1. The summed E-state index contributed by atoms with van der Waals surface area (Å²) in [6, 6.07) is 3.94. The Morgan fingerprint density at radius 1 is 1.61 bits per heavy atom. The molecule has 6 nitrogen and oxygen atoms in total. The predicted octanol–water partition coefficient (Wildman–Crippen LogP) is 2.38. The van der Waals surface area contributed by atoms with Gasteiger partial charge in [0, 0.05) is 18.0 Å². The Hall–Kier alpha value is -2.13. The Kier molecular flexibility index (Phi) is 4.63. The highest BCUT2D eigenvalue weighted by Gasteiger charge is 2.22. The molecule has 0 N–H and O–H groups in total. The minimum atomic E-state index is -0.709. The quantitative estimate of drug-likeness (QED) is 0.362. The topological polar surface area (TPSA) is 93.2 Å². The minimum Gasteiger partial charge on any atom is -0.462 e. The predicted molar refractivity (Wildman–Crippen MR) is 63.3 cm³/mol. The van der Waals surface area contributed by atoms with Crippen LogP contribution >= 0.6 is 11.6 Å². The van der Waals surface area contributed by atoms with Gasteiger partial charge in [-0.1, -0.05) is 0 Å². The van der Waals surface area contributed by atoms with E-state index in [4.69, 9.17) is 21.6 Å². The van der Waals surface area contributed by atoms with Crippen LogP contribution in [0.3, 0.4) is 0 Å². The molecular weight excluding hydrogens is 260 g/mol. The molecule has 0 fully saturated rings. The average molecular weight is 269 g/mol. The smallest absolute Gasteiger partial charge is 0.339 e. The van der Waals surface area contributed by atoms with Crippen LogP contribution in [0.25, 0.3) is 0 Å². The van der Waals surface area contributed by atoms with Crippen LogP contribution in [-0.4, -0.2) is 17.5 Å². The fourth-order valence-electron chi connectivity index (χ4n) is 1.43. The molecule has 0 bridgehead atoms. The summed E-state index contributed by atoms with van der Waals surface area (Å²) in [7, 11) is 0. The maximum atomic E-state index is 11.7. The largest absolute Gasteiger partial charge is 0.462 e. The van der Waals surface area contributed by atoms with Crippen LogP contribution in [-0.2, 0) is 10.6 Å². The maximum Gasteiger partial charge on any atom is 0.339 e. The Morgan fingerprint density at radius 3 is 2.72 bits per heavy atom. The molecule has 7 heteroatoms. The number of hydrogen-bond acceptors (Lipinski definition) is 5. The summed E-state index contributed by atoms with van der Waals surface area (Å²) in [5.74, 6) is -0.829. The van der Waals surface area contributed by atoms with Gasteiger partial charge in [0.25, 0.3) is 5.69 Å². The number of rotatable bonds is 4. The number of nitriles is 1. The number of non-ortho nitro benzene ring substituents is 1. The molecular formula is C11H9ClN2O4. The van der Waals surface area contributed by atoms with Gasteiger partial charge in [-0.2, -0.15) is 5.26 Å². The first-order valence-corrected chi connectivity index (χ1v) is 5.53. The third kappa shape index (κ3) is 2.76. The highest BCUT2D eigenvalue weighted by atomic mass is 35.5. The van der Waals surface area contributed by atoms with Crippen LogP contribution in [0.2, 0.25) is 0 Å². The lowest BCUT2D eigenvalue weighted by Crippen LogP contribution is -2.11.